The Morgan fingerprint density at radius 3 is 2.62 bits per heavy atom. The second-order valence-electron chi connectivity index (χ2n) is 10.1. The summed E-state index contributed by atoms with van der Waals surface area (Å²) >= 11 is 0. The molecule has 8 heteroatoms. The van der Waals surface area contributed by atoms with E-state index in [0.29, 0.717) is 32.6 Å². The highest BCUT2D eigenvalue weighted by atomic mass is 16.5. The highest BCUT2D eigenvalue weighted by Crippen LogP contribution is 2.20. The Morgan fingerprint density at radius 1 is 1.08 bits per heavy atom. The number of benzene rings is 2. The van der Waals surface area contributed by atoms with Crippen LogP contribution in [0, 0.1) is 5.92 Å². The topological polar surface area (TPSA) is 81.5 Å². The maximum absolute atomic E-state index is 12.1. The van der Waals surface area contributed by atoms with Gasteiger partial charge in [-0.2, -0.15) is 0 Å². The van der Waals surface area contributed by atoms with Crippen molar-refractivity contribution in [3.05, 3.63) is 72.1 Å². The summed E-state index contributed by atoms with van der Waals surface area (Å²) in [4.78, 5) is 14.4. The molecule has 2 heterocycles. The minimum atomic E-state index is -0.175. The molecule has 0 unspecified atom stereocenters. The first kappa shape index (κ1) is 27.0. The molecule has 3 atom stereocenters. The van der Waals surface area contributed by atoms with Crippen LogP contribution in [0.25, 0.3) is 11.1 Å². The number of aromatic nitrogens is 3. The van der Waals surface area contributed by atoms with Gasteiger partial charge in [-0.3, -0.25) is 9.69 Å². The molecule has 1 aromatic heterocycles. The third kappa shape index (κ3) is 8.21. The number of esters is 1. The Morgan fingerprint density at radius 2 is 1.84 bits per heavy atom. The number of nitrogens with one attached hydrogen (secondary N) is 1. The number of hydrogen-bond acceptors (Lipinski definition) is 7. The lowest BCUT2D eigenvalue weighted by Crippen LogP contribution is -2.42. The average Bonchev–Trinajstić information content (AvgIpc) is 3.36. The number of hydrogen-bond donors (Lipinski definition) is 1. The van der Waals surface area contributed by atoms with Gasteiger partial charge >= 0.3 is 5.97 Å². The van der Waals surface area contributed by atoms with Gasteiger partial charge in [-0.05, 0) is 43.0 Å². The predicted molar refractivity (Wildman–Crippen MR) is 144 cm³/mol. The van der Waals surface area contributed by atoms with Crippen molar-refractivity contribution < 1.29 is 14.3 Å². The van der Waals surface area contributed by atoms with E-state index in [9.17, 15) is 4.79 Å². The van der Waals surface area contributed by atoms with Crippen LogP contribution in [0.5, 0.6) is 0 Å². The first-order valence-electron chi connectivity index (χ1n) is 13.2. The zero-order valence-corrected chi connectivity index (χ0v) is 22.2. The SMILES string of the molecule is C[C@@H]1COC(=O)CCCn2nncc2CO[C@H](CN(C)Cc2ccc(-c3ccccc3)cc2)[C@H](C)CN1. The monoisotopic (exact) mass is 505 g/mol. The minimum Gasteiger partial charge on any atom is -0.464 e. The van der Waals surface area contributed by atoms with Gasteiger partial charge in [-0.15, -0.1) is 5.10 Å². The molecule has 0 aliphatic carbocycles. The fraction of sp³-hybridized carbons (Fsp3) is 0.483. The molecular weight excluding hydrogens is 466 g/mol. The van der Waals surface area contributed by atoms with Crippen molar-refractivity contribution >= 4 is 5.97 Å². The van der Waals surface area contributed by atoms with Crippen LogP contribution in [0.15, 0.2) is 60.8 Å². The van der Waals surface area contributed by atoms with Gasteiger partial charge in [0.2, 0.25) is 0 Å². The molecule has 198 valence electrons. The number of nitrogens with zero attached hydrogens (tertiary/aromatic N) is 4. The second kappa shape index (κ2) is 13.5. The highest BCUT2D eigenvalue weighted by Gasteiger charge is 2.22. The largest absolute Gasteiger partial charge is 0.464 e. The van der Waals surface area contributed by atoms with Crippen LogP contribution in [0.4, 0.5) is 0 Å². The molecule has 0 saturated heterocycles. The van der Waals surface area contributed by atoms with E-state index in [1.807, 2.05) is 17.7 Å². The highest BCUT2D eigenvalue weighted by molar-refractivity contribution is 5.69. The molecule has 0 amide bonds. The molecule has 0 bridgehead atoms. The normalized spacial score (nSPS) is 22.1. The zero-order chi connectivity index (χ0) is 26.0. The molecule has 2 aromatic carbocycles. The summed E-state index contributed by atoms with van der Waals surface area (Å²) < 4.78 is 13.7. The Labute approximate surface area is 220 Å². The van der Waals surface area contributed by atoms with E-state index in [1.54, 1.807) is 6.20 Å². The fourth-order valence-electron chi connectivity index (χ4n) is 4.53. The molecule has 4 rings (SSSR count). The summed E-state index contributed by atoms with van der Waals surface area (Å²) in [6.45, 7) is 8.04. The number of carbonyl (C=O) groups excluding carboxylic acids is 1. The Kier molecular flexibility index (Phi) is 9.82. The predicted octanol–water partition coefficient (Wildman–Crippen LogP) is 3.91. The van der Waals surface area contributed by atoms with E-state index in [0.717, 1.165) is 25.3 Å². The molecule has 0 saturated carbocycles. The minimum absolute atomic E-state index is 0.00400. The van der Waals surface area contributed by atoms with E-state index >= 15 is 0 Å². The Balaban J connectivity index is 1.40. The van der Waals surface area contributed by atoms with E-state index in [-0.39, 0.29) is 24.0 Å². The van der Waals surface area contributed by atoms with Gasteiger partial charge in [-0.25, -0.2) is 4.68 Å². The van der Waals surface area contributed by atoms with Crippen molar-refractivity contribution in [1.29, 1.82) is 0 Å². The molecule has 3 aromatic rings. The summed E-state index contributed by atoms with van der Waals surface area (Å²) in [6.07, 6.45) is 2.77. The lowest BCUT2D eigenvalue weighted by Gasteiger charge is -2.30. The number of aryl methyl sites for hydroxylation is 1. The quantitative estimate of drug-likeness (QED) is 0.527. The number of cyclic esters (lactones) is 1. The number of rotatable bonds is 5. The fourth-order valence-corrected chi connectivity index (χ4v) is 4.53. The van der Waals surface area contributed by atoms with Crippen LogP contribution in [0.2, 0.25) is 0 Å². The average molecular weight is 506 g/mol. The number of fused-ring (bicyclic) bond motifs is 1. The van der Waals surface area contributed by atoms with Crippen molar-refractivity contribution in [2.24, 2.45) is 5.92 Å². The van der Waals surface area contributed by atoms with Gasteiger partial charge in [0.15, 0.2) is 0 Å². The third-order valence-electron chi connectivity index (χ3n) is 6.82. The number of likely N-dealkylation sites (N-methyl/N-ethyl adjacent to an activating group) is 1. The van der Waals surface area contributed by atoms with Crippen LogP contribution in [0.3, 0.4) is 0 Å². The van der Waals surface area contributed by atoms with Crippen molar-refractivity contribution in [3.8, 4) is 11.1 Å². The van der Waals surface area contributed by atoms with Crippen molar-refractivity contribution in [2.45, 2.75) is 58.5 Å². The van der Waals surface area contributed by atoms with Crippen molar-refractivity contribution in [1.82, 2.24) is 25.2 Å². The summed E-state index contributed by atoms with van der Waals surface area (Å²) in [5.41, 5.74) is 4.64. The lowest BCUT2D eigenvalue weighted by atomic mass is 10.0. The van der Waals surface area contributed by atoms with Crippen LogP contribution in [-0.4, -0.2) is 64.8 Å². The standard InChI is InChI=1S/C29H39N5O3/c1-22-16-30-23(2)20-37-29(35)10-7-15-34-27(17-31-32-34)21-36-28(22)19-33(3)18-24-11-13-26(14-12-24)25-8-5-4-6-9-25/h4-6,8-9,11-14,17,22-23,28,30H,7,10,15-16,18-21H2,1-3H3/t22-,23-,28-/m1/s1. The van der Waals surface area contributed by atoms with Gasteiger partial charge in [-0.1, -0.05) is 66.7 Å². The van der Waals surface area contributed by atoms with Crippen molar-refractivity contribution in [2.75, 3.05) is 26.7 Å². The first-order chi connectivity index (χ1) is 18.0. The number of ether oxygens (including phenoxy) is 2. The molecule has 0 spiro atoms. The number of carbonyl (C=O) groups is 1. The molecule has 37 heavy (non-hydrogen) atoms. The summed E-state index contributed by atoms with van der Waals surface area (Å²) in [6, 6.07) is 19.3. The lowest BCUT2D eigenvalue weighted by molar-refractivity contribution is -0.144. The molecule has 1 aliphatic rings. The zero-order valence-electron chi connectivity index (χ0n) is 22.2. The van der Waals surface area contributed by atoms with E-state index < -0.39 is 0 Å². The van der Waals surface area contributed by atoms with Crippen LogP contribution < -0.4 is 5.32 Å². The van der Waals surface area contributed by atoms with Gasteiger partial charge < -0.3 is 14.8 Å². The molecule has 0 fully saturated rings. The van der Waals surface area contributed by atoms with Gasteiger partial charge in [0.05, 0.1) is 24.6 Å². The molecule has 8 nitrogen and oxygen atoms in total. The van der Waals surface area contributed by atoms with E-state index in [4.69, 9.17) is 9.47 Å². The summed E-state index contributed by atoms with van der Waals surface area (Å²) in [5.74, 6) is 0.0707. The van der Waals surface area contributed by atoms with Gasteiger partial charge in [0.1, 0.15) is 6.61 Å². The van der Waals surface area contributed by atoms with Gasteiger partial charge in [0.25, 0.3) is 0 Å². The summed E-state index contributed by atoms with van der Waals surface area (Å²) in [5, 5.41) is 11.7. The van der Waals surface area contributed by atoms with E-state index in [1.165, 1.54) is 16.7 Å². The molecule has 1 aliphatic heterocycles. The Bertz CT molecular complexity index is 1100. The molecular formula is C29H39N5O3. The summed E-state index contributed by atoms with van der Waals surface area (Å²) in [7, 11) is 2.14. The van der Waals surface area contributed by atoms with Crippen molar-refractivity contribution in [3.63, 3.8) is 0 Å². The van der Waals surface area contributed by atoms with Crippen LogP contribution in [-0.2, 0) is 34.0 Å². The maximum Gasteiger partial charge on any atom is 0.305 e. The second-order valence-corrected chi connectivity index (χ2v) is 10.1. The smallest absolute Gasteiger partial charge is 0.305 e. The Hall–Kier alpha value is -3.07. The van der Waals surface area contributed by atoms with E-state index in [2.05, 4.69) is 83.0 Å². The molecule has 0 radical (unpaired) electrons. The van der Waals surface area contributed by atoms with Crippen LogP contribution >= 0.6 is 0 Å². The van der Waals surface area contributed by atoms with Gasteiger partial charge in [0, 0.05) is 38.6 Å². The maximum atomic E-state index is 12.1. The molecule has 1 N–H and O–H groups in total. The third-order valence-corrected chi connectivity index (χ3v) is 6.82. The first-order valence-corrected chi connectivity index (χ1v) is 13.2. The van der Waals surface area contributed by atoms with Crippen LogP contribution in [0.1, 0.15) is 37.9 Å².